The van der Waals surface area contributed by atoms with Gasteiger partial charge < -0.3 is 4.84 Å². The van der Waals surface area contributed by atoms with Gasteiger partial charge in [-0.3, -0.25) is 0 Å². The minimum absolute atomic E-state index is 0.883. The molecule has 0 bridgehead atoms. The van der Waals surface area contributed by atoms with E-state index in [-0.39, 0.29) is 0 Å². The van der Waals surface area contributed by atoms with Gasteiger partial charge in [-0.25, -0.2) is 4.99 Å². The molecule has 0 spiro atoms. The maximum Gasteiger partial charge on any atom is 0.212 e. The fourth-order valence-electron chi connectivity index (χ4n) is 0.909. The molecule has 0 radical (unpaired) electrons. The molecule has 1 aliphatic rings. The fraction of sp³-hybridized carbons (Fsp3) is 0. The molecule has 0 saturated heterocycles. The third-order valence-electron chi connectivity index (χ3n) is 1.43. The Kier molecular flexibility index (Phi) is 1.41. The molecule has 0 saturated carbocycles. The molecule has 54 valence electrons. The highest BCUT2D eigenvalue weighted by atomic mass is 16.6. The molecular weight excluding hydrogens is 140 g/mol. The summed E-state index contributed by atoms with van der Waals surface area (Å²) in [6.07, 6.45) is 2.96. The van der Waals surface area contributed by atoms with Gasteiger partial charge in [-0.15, -0.1) is 0 Å². The van der Waals surface area contributed by atoms with Crippen LogP contribution in [0.1, 0.15) is 5.56 Å². The third kappa shape index (κ3) is 1.12. The van der Waals surface area contributed by atoms with Crippen molar-refractivity contribution in [2.24, 2.45) is 10.1 Å². The minimum Gasteiger partial charge on any atom is -0.345 e. The molecule has 0 aliphatic carbocycles. The number of hydrogen-bond donors (Lipinski definition) is 0. The predicted octanol–water partition coefficient (Wildman–Crippen LogP) is 1.71. The number of rotatable bonds is 0. The molecule has 0 amide bonds. The van der Waals surface area contributed by atoms with E-state index in [0.717, 1.165) is 11.3 Å². The standard InChI is InChI=1S/C8H6N2O/c1-2-4-8-7(3-1)5-10-11-6-9-8/h1-6H. The summed E-state index contributed by atoms with van der Waals surface area (Å²) >= 11 is 0. The molecule has 1 aromatic rings. The zero-order valence-corrected chi connectivity index (χ0v) is 5.77. The second kappa shape index (κ2) is 2.54. The number of oxime groups is 1. The van der Waals surface area contributed by atoms with E-state index in [1.807, 2.05) is 24.3 Å². The van der Waals surface area contributed by atoms with Crippen molar-refractivity contribution in [1.29, 1.82) is 0 Å². The number of nitrogens with zero attached hydrogens (tertiary/aromatic N) is 2. The van der Waals surface area contributed by atoms with Crippen molar-refractivity contribution in [3.05, 3.63) is 29.8 Å². The summed E-state index contributed by atoms with van der Waals surface area (Å²) in [6, 6.07) is 7.71. The Bertz CT molecular complexity index is 287. The van der Waals surface area contributed by atoms with Gasteiger partial charge in [-0.05, 0) is 6.07 Å². The number of para-hydroxylation sites is 1. The van der Waals surface area contributed by atoms with E-state index in [2.05, 4.69) is 15.0 Å². The van der Waals surface area contributed by atoms with Crippen LogP contribution >= 0.6 is 0 Å². The Morgan fingerprint density at radius 3 is 3.09 bits per heavy atom. The number of aliphatic imine (C=N–C) groups is 1. The summed E-state index contributed by atoms with van der Waals surface area (Å²) in [4.78, 5) is 8.67. The minimum atomic E-state index is 0.883. The van der Waals surface area contributed by atoms with Crippen LogP contribution in [0.5, 0.6) is 0 Å². The van der Waals surface area contributed by atoms with E-state index >= 15 is 0 Å². The van der Waals surface area contributed by atoms with Crippen molar-refractivity contribution in [1.82, 2.24) is 0 Å². The topological polar surface area (TPSA) is 34.0 Å². The smallest absolute Gasteiger partial charge is 0.212 e. The van der Waals surface area contributed by atoms with Gasteiger partial charge in [-0.2, -0.15) is 0 Å². The van der Waals surface area contributed by atoms with Gasteiger partial charge in [0.15, 0.2) is 0 Å². The lowest BCUT2D eigenvalue weighted by Gasteiger charge is -1.93. The van der Waals surface area contributed by atoms with Crippen LogP contribution in [0.3, 0.4) is 0 Å². The van der Waals surface area contributed by atoms with E-state index in [4.69, 9.17) is 0 Å². The quantitative estimate of drug-likeness (QED) is 0.548. The summed E-state index contributed by atoms with van der Waals surface area (Å²) in [6.45, 7) is 0. The Balaban J connectivity index is 2.58. The van der Waals surface area contributed by atoms with Crippen LogP contribution in [-0.4, -0.2) is 12.6 Å². The van der Waals surface area contributed by atoms with E-state index in [9.17, 15) is 0 Å². The maximum absolute atomic E-state index is 4.65. The van der Waals surface area contributed by atoms with Crippen molar-refractivity contribution < 1.29 is 4.84 Å². The molecule has 0 N–H and O–H groups in total. The van der Waals surface area contributed by atoms with E-state index in [0.29, 0.717) is 0 Å². The predicted molar refractivity (Wildman–Crippen MR) is 43.3 cm³/mol. The summed E-state index contributed by atoms with van der Waals surface area (Å²) in [5, 5.41) is 3.64. The van der Waals surface area contributed by atoms with Gasteiger partial charge in [0.2, 0.25) is 6.40 Å². The highest BCUT2D eigenvalue weighted by molar-refractivity contribution is 5.88. The summed E-state index contributed by atoms with van der Waals surface area (Å²) in [5.41, 5.74) is 1.86. The average Bonchev–Trinajstić information content (AvgIpc) is 2.28. The first kappa shape index (κ1) is 6.09. The Morgan fingerprint density at radius 1 is 1.18 bits per heavy atom. The van der Waals surface area contributed by atoms with Crippen LogP contribution < -0.4 is 0 Å². The number of hydrogen-bond acceptors (Lipinski definition) is 3. The van der Waals surface area contributed by atoms with Crippen molar-refractivity contribution in [2.45, 2.75) is 0 Å². The van der Waals surface area contributed by atoms with Gasteiger partial charge >= 0.3 is 0 Å². The van der Waals surface area contributed by atoms with E-state index in [1.165, 1.54) is 6.40 Å². The maximum atomic E-state index is 4.65. The monoisotopic (exact) mass is 146 g/mol. The molecule has 3 heteroatoms. The van der Waals surface area contributed by atoms with Crippen molar-refractivity contribution >= 4 is 18.3 Å². The first-order valence-electron chi connectivity index (χ1n) is 3.27. The van der Waals surface area contributed by atoms with E-state index < -0.39 is 0 Å². The van der Waals surface area contributed by atoms with Gasteiger partial charge in [0.1, 0.15) is 0 Å². The molecule has 0 fully saturated rings. The van der Waals surface area contributed by atoms with Crippen molar-refractivity contribution in [2.75, 3.05) is 0 Å². The van der Waals surface area contributed by atoms with Crippen molar-refractivity contribution in [3.8, 4) is 0 Å². The molecule has 0 atom stereocenters. The first-order valence-corrected chi connectivity index (χ1v) is 3.27. The SMILES string of the molecule is C1=NOC=Nc2ccccc21. The van der Waals surface area contributed by atoms with Crippen LogP contribution in [-0.2, 0) is 4.84 Å². The lowest BCUT2D eigenvalue weighted by atomic mass is 10.2. The zero-order chi connectivity index (χ0) is 7.52. The third-order valence-corrected chi connectivity index (χ3v) is 1.43. The molecular formula is C8H6N2O. The van der Waals surface area contributed by atoms with Crippen LogP contribution in [0.2, 0.25) is 0 Å². The molecule has 1 aromatic carbocycles. The van der Waals surface area contributed by atoms with Crippen LogP contribution in [0, 0.1) is 0 Å². The summed E-state index contributed by atoms with van der Waals surface area (Å²) < 4.78 is 0. The van der Waals surface area contributed by atoms with Gasteiger partial charge in [-0.1, -0.05) is 23.4 Å². The Morgan fingerprint density at radius 2 is 2.09 bits per heavy atom. The Labute approximate surface area is 64.0 Å². The van der Waals surface area contributed by atoms with Crippen LogP contribution in [0.15, 0.2) is 34.4 Å². The summed E-state index contributed by atoms with van der Waals surface area (Å²) in [5.74, 6) is 0. The molecule has 0 aromatic heterocycles. The highest BCUT2D eigenvalue weighted by Gasteiger charge is 1.97. The second-order valence-electron chi connectivity index (χ2n) is 2.13. The van der Waals surface area contributed by atoms with Gasteiger partial charge in [0.25, 0.3) is 0 Å². The largest absolute Gasteiger partial charge is 0.345 e. The lowest BCUT2D eigenvalue weighted by Crippen LogP contribution is -1.78. The van der Waals surface area contributed by atoms with E-state index in [1.54, 1.807) is 6.21 Å². The number of benzene rings is 1. The lowest BCUT2D eigenvalue weighted by molar-refractivity contribution is 0.349. The zero-order valence-electron chi connectivity index (χ0n) is 5.77. The summed E-state index contributed by atoms with van der Waals surface area (Å²) in [7, 11) is 0. The van der Waals surface area contributed by atoms with Crippen LogP contribution in [0.25, 0.3) is 0 Å². The molecule has 2 rings (SSSR count). The highest BCUT2D eigenvalue weighted by Crippen LogP contribution is 2.17. The van der Waals surface area contributed by atoms with Gasteiger partial charge in [0, 0.05) is 5.56 Å². The van der Waals surface area contributed by atoms with Gasteiger partial charge in [0.05, 0.1) is 11.9 Å². The second-order valence-corrected chi connectivity index (χ2v) is 2.13. The first-order chi connectivity index (χ1) is 5.47. The Hall–Kier alpha value is -1.64. The molecule has 11 heavy (non-hydrogen) atoms. The molecule has 0 unspecified atom stereocenters. The van der Waals surface area contributed by atoms with Crippen molar-refractivity contribution in [3.63, 3.8) is 0 Å². The van der Waals surface area contributed by atoms with Crippen LogP contribution in [0.4, 0.5) is 5.69 Å². The fourth-order valence-corrected chi connectivity index (χ4v) is 0.909. The normalized spacial score (nSPS) is 13.5. The average molecular weight is 146 g/mol. The molecule has 1 aliphatic heterocycles. The molecule has 1 heterocycles. The molecule has 3 nitrogen and oxygen atoms in total. The number of fused-ring (bicyclic) bond motifs is 1.